The van der Waals surface area contributed by atoms with Gasteiger partial charge in [-0.2, -0.15) is 0 Å². The fourth-order valence-corrected chi connectivity index (χ4v) is 3.18. The van der Waals surface area contributed by atoms with Crippen LogP contribution in [0.25, 0.3) is 10.8 Å². The summed E-state index contributed by atoms with van der Waals surface area (Å²) in [7, 11) is 2.22. The summed E-state index contributed by atoms with van der Waals surface area (Å²) in [5, 5.41) is 6.06. The van der Waals surface area contributed by atoms with Crippen molar-refractivity contribution in [2.45, 2.75) is 19.4 Å². The summed E-state index contributed by atoms with van der Waals surface area (Å²) in [6, 6.07) is 8.52. The van der Waals surface area contributed by atoms with Crippen LogP contribution < -0.4 is 5.32 Å². The van der Waals surface area contributed by atoms with Gasteiger partial charge in [-0.15, -0.1) is 0 Å². The van der Waals surface area contributed by atoms with E-state index < -0.39 is 0 Å². The van der Waals surface area contributed by atoms with Gasteiger partial charge in [0.15, 0.2) is 0 Å². The summed E-state index contributed by atoms with van der Waals surface area (Å²) in [5.41, 5.74) is 1.33. The first kappa shape index (κ1) is 13.5. The van der Waals surface area contributed by atoms with Crippen molar-refractivity contribution >= 4 is 10.8 Å². The van der Waals surface area contributed by atoms with Gasteiger partial charge in [0, 0.05) is 30.9 Å². The molecule has 3 nitrogen and oxygen atoms in total. The van der Waals surface area contributed by atoms with Crippen LogP contribution >= 0.6 is 0 Å². The third-order valence-corrected chi connectivity index (χ3v) is 4.16. The number of piperidine rings is 1. The first-order valence-electron chi connectivity index (χ1n) is 7.54. The van der Waals surface area contributed by atoms with Crippen molar-refractivity contribution in [1.82, 2.24) is 15.2 Å². The molecule has 1 aliphatic heterocycles. The second-order valence-electron chi connectivity index (χ2n) is 5.93. The molecule has 1 fully saturated rings. The summed E-state index contributed by atoms with van der Waals surface area (Å²) in [4.78, 5) is 6.81. The highest BCUT2D eigenvalue weighted by atomic mass is 15.1. The third-order valence-electron chi connectivity index (χ3n) is 4.16. The normalized spacial score (nSPS) is 19.6. The Hall–Kier alpha value is -1.45. The lowest BCUT2D eigenvalue weighted by Crippen LogP contribution is -2.36. The van der Waals surface area contributed by atoms with Crippen LogP contribution in [0.5, 0.6) is 0 Å². The summed E-state index contributed by atoms with van der Waals surface area (Å²) in [6.45, 7) is 4.49. The third kappa shape index (κ3) is 3.17. The Labute approximate surface area is 121 Å². The molecule has 3 rings (SSSR count). The van der Waals surface area contributed by atoms with Crippen LogP contribution in [0.15, 0.2) is 36.7 Å². The maximum atomic E-state index is 4.37. The van der Waals surface area contributed by atoms with E-state index in [1.54, 1.807) is 0 Å². The molecule has 1 aliphatic rings. The van der Waals surface area contributed by atoms with Gasteiger partial charge < -0.3 is 10.2 Å². The minimum absolute atomic E-state index is 0.789. The lowest BCUT2D eigenvalue weighted by Gasteiger charge is -2.27. The number of nitrogens with one attached hydrogen (secondary N) is 1. The van der Waals surface area contributed by atoms with Crippen LogP contribution in [0.2, 0.25) is 0 Å². The summed E-state index contributed by atoms with van der Waals surface area (Å²) < 4.78 is 0. The van der Waals surface area contributed by atoms with Crippen LogP contribution in [0.1, 0.15) is 18.4 Å². The van der Waals surface area contributed by atoms with Gasteiger partial charge in [0.05, 0.1) is 0 Å². The minimum Gasteiger partial charge on any atom is -0.316 e. The van der Waals surface area contributed by atoms with Gasteiger partial charge in [-0.25, -0.2) is 0 Å². The Morgan fingerprint density at radius 2 is 2.20 bits per heavy atom. The second-order valence-corrected chi connectivity index (χ2v) is 5.93. The summed E-state index contributed by atoms with van der Waals surface area (Å²) in [5.74, 6) is 0.789. The number of pyridine rings is 1. The molecule has 0 bridgehead atoms. The molecule has 0 spiro atoms. The molecule has 1 atom stereocenters. The van der Waals surface area contributed by atoms with E-state index in [1.807, 2.05) is 12.4 Å². The van der Waals surface area contributed by atoms with E-state index in [1.165, 1.54) is 35.7 Å². The SMILES string of the molecule is CN(Cc1cncc2ccccc12)CC1CCCNC1. The maximum Gasteiger partial charge on any atom is 0.0346 e. The number of hydrogen-bond donors (Lipinski definition) is 1. The highest BCUT2D eigenvalue weighted by Crippen LogP contribution is 2.19. The van der Waals surface area contributed by atoms with Crippen LogP contribution in [0.4, 0.5) is 0 Å². The van der Waals surface area contributed by atoms with E-state index >= 15 is 0 Å². The first-order valence-corrected chi connectivity index (χ1v) is 7.54. The maximum absolute atomic E-state index is 4.37. The molecule has 20 heavy (non-hydrogen) atoms. The average molecular weight is 269 g/mol. The number of aromatic nitrogens is 1. The molecule has 2 heterocycles. The predicted octanol–water partition coefficient (Wildman–Crippen LogP) is 2.67. The Bertz CT molecular complexity index is 556. The smallest absolute Gasteiger partial charge is 0.0346 e. The quantitative estimate of drug-likeness (QED) is 0.925. The van der Waals surface area contributed by atoms with Gasteiger partial charge in [0.1, 0.15) is 0 Å². The van der Waals surface area contributed by atoms with E-state index in [4.69, 9.17) is 0 Å². The highest BCUT2D eigenvalue weighted by Gasteiger charge is 2.15. The zero-order valence-corrected chi connectivity index (χ0v) is 12.2. The Morgan fingerprint density at radius 3 is 3.05 bits per heavy atom. The topological polar surface area (TPSA) is 28.2 Å². The number of hydrogen-bond acceptors (Lipinski definition) is 3. The number of benzene rings is 1. The minimum atomic E-state index is 0.789. The van der Waals surface area contributed by atoms with Gasteiger partial charge in [-0.05, 0) is 49.8 Å². The van der Waals surface area contributed by atoms with Crippen LogP contribution in [-0.2, 0) is 6.54 Å². The fourth-order valence-electron chi connectivity index (χ4n) is 3.18. The molecule has 0 saturated carbocycles. The summed E-state index contributed by atoms with van der Waals surface area (Å²) >= 11 is 0. The Morgan fingerprint density at radius 1 is 1.30 bits per heavy atom. The molecule has 1 aromatic heterocycles. The van der Waals surface area contributed by atoms with Gasteiger partial charge in [0.2, 0.25) is 0 Å². The van der Waals surface area contributed by atoms with Gasteiger partial charge in [-0.1, -0.05) is 24.3 Å². The van der Waals surface area contributed by atoms with Crippen molar-refractivity contribution in [2.75, 3.05) is 26.7 Å². The van der Waals surface area contributed by atoms with E-state index in [9.17, 15) is 0 Å². The summed E-state index contributed by atoms with van der Waals surface area (Å²) in [6.07, 6.45) is 6.63. The standard InChI is InChI=1S/C17H23N3/c1-20(12-14-5-4-8-18-9-14)13-16-11-19-10-15-6-2-3-7-17(15)16/h2-3,6-7,10-11,14,18H,4-5,8-9,12-13H2,1H3. The number of rotatable bonds is 4. The lowest BCUT2D eigenvalue weighted by atomic mass is 9.99. The van der Waals surface area contributed by atoms with Gasteiger partial charge in [-0.3, -0.25) is 4.98 Å². The molecule has 0 radical (unpaired) electrons. The highest BCUT2D eigenvalue weighted by molar-refractivity contribution is 5.84. The van der Waals surface area contributed by atoms with Crippen LogP contribution in [0, 0.1) is 5.92 Å². The molecule has 1 aromatic carbocycles. The van der Waals surface area contributed by atoms with Crippen molar-refractivity contribution in [1.29, 1.82) is 0 Å². The Kier molecular flexibility index (Phi) is 4.28. The fraction of sp³-hybridized carbons (Fsp3) is 0.471. The predicted molar refractivity (Wildman–Crippen MR) is 83.7 cm³/mol. The zero-order valence-electron chi connectivity index (χ0n) is 12.2. The van der Waals surface area contributed by atoms with Gasteiger partial charge in [0.25, 0.3) is 0 Å². The Balaban J connectivity index is 1.69. The second kappa shape index (κ2) is 6.33. The van der Waals surface area contributed by atoms with Crippen molar-refractivity contribution < 1.29 is 0 Å². The molecular formula is C17H23N3. The van der Waals surface area contributed by atoms with Crippen molar-refractivity contribution in [3.63, 3.8) is 0 Å². The van der Waals surface area contributed by atoms with E-state index in [0.717, 1.165) is 25.6 Å². The molecule has 0 aliphatic carbocycles. The van der Waals surface area contributed by atoms with Crippen LogP contribution in [-0.4, -0.2) is 36.6 Å². The number of fused-ring (bicyclic) bond motifs is 1. The molecule has 106 valence electrons. The van der Waals surface area contributed by atoms with E-state index in [0.29, 0.717) is 0 Å². The van der Waals surface area contributed by atoms with Crippen molar-refractivity contribution in [3.8, 4) is 0 Å². The molecule has 3 heteroatoms. The van der Waals surface area contributed by atoms with Crippen LogP contribution in [0.3, 0.4) is 0 Å². The molecule has 0 amide bonds. The molecule has 1 N–H and O–H groups in total. The molecule has 1 unspecified atom stereocenters. The van der Waals surface area contributed by atoms with E-state index in [-0.39, 0.29) is 0 Å². The zero-order chi connectivity index (χ0) is 13.8. The monoisotopic (exact) mass is 269 g/mol. The van der Waals surface area contributed by atoms with Crippen molar-refractivity contribution in [3.05, 3.63) is 42.2 Å². The van der Waals surface area contributed by atoms with Crippen molar-refractivity contribution in [2.24, 2.45) is 5.92 Å². The first-order chi connectivity index (χ1) is 9.83. The molecular weight excluding hydrogens is 246 g/mol. The van der Waals surface area contributed by atoms with E-state index in [2.05, 4.69) is 46.5 Å². The lowest BCUT2D eigenvalue weighted by molar-refractivity contribution is 0.238. The van der Waals surface area contributed by atoms with Gasteiger partial charge >= 0.3 is 0 Å². The molecule has 1 saturated heterocycles. The average Bonchev–Trinajstić information content (AvgIpc) is 2.48. The number of nitrogens with zero attached hydrogens (tertiary/aromatic N) is 2. The molecule has 2 aromatic rings. The largest absolute Gasteiger partial charge is 0.316 e.